The third-order valence-corrected chi connectivity index (χ3v) is 2.44. The van der Waals surface area contributed by atoms with Crippen LogP contribution in [0.1, 0.15) is 34.6 Å². The summed E-state index contributed by atoms with van der Waals surface area (Å²) in [6.45, 7) is 4.87. The van der Waals surface area contributed by atoms with Crippen LogP contribution in [0, 0.1) is 26.2 Å². The highest BCUT2D eigenvalue weighted by Crippen LogP contribution is 2.13. The second-order valence-electron chi connectivity index (χ2n) is 3.40. The summed E-state index contributed by atoms with van der Waals surface area (Å²) >= 11 is 0. The third-order valence-electron chi connectivity index (χ3n) is 2.44. The lowest BCUT2D eigenvalue weighted by molar-refractivity contribution is 0.112. The molecule has 0 aliphatic rings. The van der Waals surface area contributed by atoms with E-state index in [1.807, 2.05) is 19.9 Å². The Balaban J connectivity index is 2.81. The molecule has 0 amide bonds. The first-order valence-corrected chi connectivity index (χ1v) is 4.76. The molecule has 0 spiro atoms. The summed E-state index contributed by atoms with van der Waals surface area (Å²) in [7, 11) is 0. The van der Waals surface area contributed by atoms with Crippen LogP contribution in [0.2, 0.25) is 0 Å². The fraction of sp³-hybridized carbons (Fsp3) is 0.417. The zero-order valence-electron chi connectivity index (χ0n) is 8.71. The van der Waals surface area contributed by atoms with Gasteiger partial charge in [0, 0.05) is 29.9 Å². The molecule has 0 fully saturated rings. The van der Waals surface area contributed by atoms with Gasteiger partial charge in [0.1, 0.15) is 0 Å². The van der Waals surface area contributed by atoms with E-state index in [0.717, 1.165) is 42.6 Å². The van der Waals surface area contributed by atoms with Crippen LogP contribution < -0.4 is 0 Å². The number of nitrogens with zero attached hydrogens (tertiary/aromatic N) is 1. The zero-order chi connectivity index (χ0) is 10.6. The minimum atomic E-state index is 0.781. The summed E-state index contributed by atoms with van der Waals surface area (Å²) in [5.41, 5.74) is 2.94. The van der Waals surface area contributed by atoms with Crippen molar-refractivity contribution in [3.8, 4) is 12.3 Å². The van der Waals surface area contributed by atoms with Crippen LogP contribution in [-0.2, 0) is 6.54 Å². The largest absolute Gasteiger partial charge is 0.348 e. The van der Waals surface area contributed by atoms with Gasteiger partial charge in [0.15, 0.2) is 6.29 Å². The van der Waals surface area contributed by atoms with Crippen LogP contribution in [0.4, 0.5) is 0 Å². The highest BCUT2D eigenvalue weighted by molar-refractivity contribution is 5.77. The van der Waals surface area contributed by atoms with Crippen LogP contribution in [-0.4, -0.2) is 10.9 Å². The third kappa shape index (κ3) is 2.05. The summed E-state index contributed by atoms with van der Waals surface area (Å²) in [5.74, 6) is 2.61. The van der Waals surface area contributed by atoms with Crippen molar-refractivity contribution in [1.29, 1.82) is 0 Å². The molecule has 74 valence electrons. The number of hydrogen-bond donors (Lipinski definition) is 0. The van der Waals surface area contributed by atoms with Crippen molar-refractivity contribution in [3.63, 3.8) is 0 Å². The van der Waals surface area contributed by atoms with E-state index in [9.17, 15) is 4.79 Å². The second kappa shape index (κ2) is 4.66. The molecule has 2 heteroatoms. The van der Waals surface area contributed by atoms with Crippen molar-refractivity contribution in [2.24, 2.45) is 0 Å². The Morgan fingerprint density at radius 1 is 1.57 bits per heavy atom. The van der Waals surface area contributed by atoms with Gasteiger partial charge < -0.3 is 4.57 Å². The van der Waals surface area contributed by atoms with Crippen molar-refractivity contribution >= 4 is 6.29 Å². The maximum absolute atomic E-state index is 10.7. The highest BCUT2D eigenvalue weighted by atomic mass is 16.1. The summed E-state index contributed by atoms with van der Waals surface area (Å²) in [5, 5.41) is 0. The van der Waals surface area contributed by atoms with Gasteiger partial charge in [0.05, 0.1) is 0 Å². The molecular weight excluding hydrogens is 174 g/mol. The molecule has 0 aromatic carbocycles. The van der Waals surface area contributed by atoms with Gasteiger partial charge in [-0.15, -0.1) is 12.3 Å². The monoisotopic (exact) mass is 189 g/mol. The average Bonchev–Trinajstić information content (AvgIpc) is 2.45. The maximum atomic E-state index is 10.7. The van der Waals surface area contributed by atoms with Gasteiger partial charge in [-0.25, -0.2) is 0 Å². The Morgan fingerprint density at radius 3 is 2.79 bits per heavy atom. The topological polar surface area (TPSA) is 22.0 Å². The van der Waals surface area contributed by atoms with E-state index in [1.54, 1.807) is 0 Å². The molecule has 0 aliphatic carbocycles. The molecule has 0 saturated carbocycles. The molecular formula is C12H15NO. The quantitative estimate of drug-likeness (QED) is 0.405. The average molecular weight is 189 g/mol. The molecule has 1 aromatic heterocycles. The molecule has 1 heterocycles. The Kier molecular flexibility index (Phi) is 3.53. The van der Waals surface area contributed by atoms with E-state index < -0.39 is 0 Å². The zero-order valence-corrected chi connectivity index (χ0v) is 8.71. The number of hydrogen-bond acceptors (Lipinski definition) is 1. The Morgan fingerprint density at radius 2 is 2.29 bits per heavy atom. The highest BCUT2D eigenvalue weighted by Gasteiger charge is 2.06. The molecule has 0 saturated heterocycles. The number of aromatic nitrogens is 1. The number of unbranched alkanes of at least 4 members (excludes halogenated alkanes) is 1. The number of terminal acetylenes is 1. The minimum Gasteiger partial charge on any atom is -0.348 e. The van der Waals surface area contributed by atoms with Gasteiger partial charge in [-0.1, -0.05) is 0 Å². The Hall–Kier alpha value is -1.49. The fourth-order valence-electron chi connectivity index (χ4n) is 1.63. The van der Waals surface area contributed by atoms with E-state index in [4.69, 9.17) is 6.42 Å². The molecule has 1 aromatic rings. The molecule has 1 rings (SSSR count). The predicted molar refractivity (Wildman–Crippen MR) is 57.4 cm³/mol. The first-order chi connectivity index (χ1) is 6.70. The standard InChI is InChI=1S/C12H15NO/c1-4-5-6-7-13-10(2)8-12(9-14)11(13)3/h1,8-9H,5-7H2,2-3H3. The molecule has 0 radical (unpaired) electrons. The first-order valence-electron chi connectivity index (χ1n) is 4.76. The second-order valence-corrected chi connectivity index (χ2v) is 3.40. The van der Waals surface area contributed by atoms with Gasteiger partial charge in [-0.2, -0.15) is 0 Å². The van der Waals surface area contributed by atoms with Gasteiger partial charge in [0.25, 0.3) is 0 Å². The minimum absolute atomic E-state index is 0.781. The summed E-state index contributed by atoms with van der Waals surface area (Å²) in [6, 6.07) is 1.91. The number of carbonyl (C=O) groups excluding carboxylic acids is 1. The number of aldehydes is 1. The van der Waals surface area contributed by atoms with Gasteiger partial charge in [-0.05, 0) is 26.3 Å². The van der Waals surface area contributed by atoms with Gasteiger partial charge in [0.2, 0.25) is 0 Å². The fourth-order valence-corrected chi connectivity index (χ4v) is 1.63. The SMILES string of the molecule is C#CCCCn1c(C)cc(C=O)c1C. The summed E-state index contributed by atoms with van der Waals surface area (Å²) < 4.78 is 2.14. The van der Waals surface area contributed by atoms with E-state index in [0.29, 0.717) is 0 Å². The van der Waals surface area contributed by atoms with Crippen molar-refractivity contribution in [3.05, 3.63) is 23.0 Å². The molecule has 2 nitrogen and oxygen atoms in total. The van der Waals surface area contributed by atoms with Crippen molar-refractivity contribution < 1.29 is 4.79 Å². The number of carbonyl (C=O) groups is 1. The van der Waals surface area contributed by atoms with Crippen molar-refractivity contribution in [2.45, 2.75) is 33.2 Å². The molecule has 14 heavy (non-hydrogen) atoms. The number of rotatable bonds is 4. The lowest BCUT2D eigenvalue weighted by Gasteiger charge is -2.07. The van der Waals surface area contributed by atoms with Crippen molar-refractivity contribution in [2.75, 3.05) is 0 Å². The molecule has 0 bridgehead atoms. The van der Waals surface area contributed by atoms with E-state index in [1.165, 1.54) is 0 Å². The Labute approximate surface area is 84.9 Å². The molecule has 0 atom stereocenters. The molecule has 0 unspecified atom stereocenters. The van der Waals surface area contributed by atoms with E-state index in [2.05, 4.69) is 10.5 Å². The van der Waals surface area contributed by atoms with Crippen LogP contribution in [0.25, 0.3) is 0 Å². The maximum Gasteiger partial charge on any atom is 0.151 e. The van der Waals surface area contributed by atoms with Gasteiger partial charge in [-0.3, -0.25) is 4.79 Å². The molecule has 0 N–H and O–H groups in total. The smallest absolute Gasteiger partial charge is 0.151 e. The van der Waals surface area contributed by atoms with Crippen molar-refractivity contribution in [1.82, 2.24) is 4.57 Å². The van der Waals surface area contributed by atoms with Crippen LogP contribution >= 0.6 is 0 Å². The van der Waals surface area contributed by atoms with E-state index in [-0.39, 0.29) is 0 Å². The van der Waals surface area contributed by atoms with Crippen LogP contribution in [0.3, 0.4) is 0 Å². The van der Waals surface area contributed by atoms with Crippen LogP contribution in [0.5, 0.6) is 0 Å². The summed E-state index contributed by atoms with van der Waals surface area (Å²) in [4.78, 5) is 10.7. The lowest BCUT2D eigenvalue weighted by Crippen LogP contribution is -2.02. The Bertz CT molecular complexity index is 368. The lowest BCUT2D eigenvalue weighted by atomic mass is 10.3. The molecule has 0 aliphatic heterocycles. The predicted octanol–water partition coefficient (Wildman–Crippen LogP) is 2.33. The normalized spacial score (nSPS) is 9.79. The van der Waals surface area contributed by atoms with Gasteiger partial charge >= 0.3 is 0 Å². The van der Waals surface area contributed by atoms with E-state index >= 15 is 0 Å². The first kappa shape index (κ1) is 10.6. The summed E-state index contributed by atoms with van der Waals surface area (Å²) in [6.07, 6.45) is 7.84. The number of aryl methyl sites for hydroxylation is 1. The van der Waals surface area contributed by atoms with Crippen LogP contribution in [0.15, 0.2) is 6.07 Å².